The van der Waals surface area contributed by atoms with Crippen molar-refractivity contribution in [2.45, 2.75) is 24.7 Å². The van der Waals surface area contributed by atoms with E-state index in [-0.39, 0.29) is 115 Å². The van der Waals surface area contributed by atoms with Gasteiger partial charge in [-0.2, -0.15) is 8.42 Å². The summed E-state index contributed by atoms with van der Waals surface area (Å²) in [4.78, 5) is 19.2. The minimum absolute atomic E-state index is 0. The molecule has 0 aliphatic carbocycles. The van der Waals surface area contributed by atoms with Gasteiger partial charge in [-0.1, -0.05) is 17.7 Å². The first-order chi connectivity index (χ1) is 8.62. The van der Waals surface area contributed by atoms with E-state index < -0.39 is 22.1 Å². The average molecular weight is 569 g/mol. The molecule has 0 fully saturated rings. The molecule has 0 saturated heterocycles. The van der Waals surface area contributed by atoms with Crippen molar-refractivity contribution in [1.29, 1.82) is 0 Å². The van der Waals surface area contributed by atoms with Crippen molar-refractivity contribution in [3.63, 3.8) is 0 Å². The van der Waals surface area contributed by atoms with Gasteiger partial charge in [-0.15, -0.1) is 0 Å². The minimum atomic E-state index is -4.02. The average Bonchev–Trinajstić information content (AvgIpc) is 2.26. The third-order valence-corrected chi connectivity index (χ3v) is 2.74. The normalized spacial score (nSPS) is 9.24. The first-order valence-electron chi connectivity index (χ1n) is 5.10. The third kappa shape index (κ3) is 15.9. The van der Waals surface area contributed by atoms with Crippen LogP contribution in [-0.4, -0.2) is 133 Å². The third-order valence-electron chi connectivity index (χ3n) is 1.87. The van der Waals surface area contributed by atoms with E-state index in [4.69, 9.17) is 14.8 Å². The van der Waals surface area contributed by atoms with Crippen molar-refractivity contribution in [3.8, 4) is 0 Å². The zero-order valence-electron chi connectivity index (χ0n) is 10.1. The number of carbonyl (C=O) groups is 2. The summed E-state index contributed by atoms with van der Waals surface area (Å²) in [5.74, 6) is -2.15. The van der Waals surface area contributed by atoms with E-state index in [9.17, 15) is 18.0 Å². The molecule has 0 heterocycles. The van der Waals surface area contributed by atoms with Gasteiger partial charge in [0, 0.05) is 0 Å². The summed E-state index contributed by atoms with van der Waals surface area (Å²) in [7, 11) is -4.02. The van der Waals surface area contributed by atoms with Gasteiger partial charge in [0.15, 0.2) is 0 Å². The molecule has 21 heavy (non-hydrogen) atoms. The predicted molar refractivity (Wildman–Crippen MR) is 82.6 cm³/mol. The van der Waals surface area contributed by atoms with Crippen molar-refractivity contribution in [2.75, 3.05) is 0 Å². The van der Waals surface area contributed by atoms with Gasteiger partial charge >= 0.3 is 110 Å². The Morgan fingerprint density at radius 1 is 0.952 bits per heavy atom. The Morgan fingerprint density at radius 2 is 1.29 bits per heavy atom. The van der Waals surface area contributed by atoms with E-state index in [1.165, 1.54) is 12.1 Å². The van der Waals surface area contributed by atoms with Crippen LogP contribution < -0.4 is 0 Å². The number of benzene rings is 1. The molecule has 0 amide bonds. The molecule has 0 spiro atoms. The molecular weight excluding hydrogens is 551 g/mol. The van der Waals surface area contributed by atoms with Crippen LogP contribution in [0.5, 0.6) is 0 Å². The van der Waals surface area contributed by atoms with Crippen LogP contribution in [0.1, 0.15) is 18.4 Å². The first kappa shape index (κ1) is 27.1. The summed E-state index contributed by atoms with van der Waals surface area (Å²) in [5.41, 5.74) is 0.956. The molecular formula is C11H18Ba2O7S. The molecule has 114 valence electrons. The summed E-state index contributed by atoms with van der Waals surface area (Å²) < 4.78 is 29.6. The summed E-state index contributed by atoms with van der Waals surface area (Å²) in [6.07, 6.45) is -0.593. The Kier molecular flexibility index (Phi) is 17.6. The quantitative estimate of drug-likeness (QED) is 0.325. The van der Waals surface area contributed by atoms with Crippen molar-refractivity contribution < 1.29 is 32.8 Å². The summed E-state index contributed by atoms with van der Waals surface area (Å²) in [5, 5.41) is 15.8. The Balaban J connectivity index is -0.000000295. The molecule has 1 rings (SSSR count). The topological polar surface area (TPSA) is 129 Å². The maximum absolute atomic E-state index is 10.5. The monoisotopic (exact) mass is 570 g/mol. The second-order valence-electron chi connectivity index (χ2n) is 3.58. The van der Waals surface area contributed by atoms with Gasteiger partial charge in [-0.05, 0) is 19.1 Å². The van der Waals surface area contributed by atoms with Crippen LogP contribution in [0.25, 0.3) is 0 Å². The van der Waals surface area contributed by atoms with Crippen LogP contribution in [0.3, 0.4) is 0 Å². The maximum atomic E-state index is 10.5. The molecule has 3 N–H and O–H groups in total. The van der Waals surface area contributed by atoms with E-state index in [0.717, 1.165) is 5.56 Å². The van der Waals surface area contributed by atoms with Gasteiger partial charge < -0.3 is 10.2 Å². The SMILES string of the molecule is Cc1ccc(S(=O)(=O)O)cc1.O=C(O)CCC(=O)O.[BaH2].[BaH2]. The predicted octanol–water partition coefficient (Wildman–Crippen LogP) is -0.655. The zero-order chi connectivity index (χ0) is 15.1. The number of hydrogen-bond donors (Lipinski definition) is 3. The molecule has 1 aromatic carbocycles. The fourth-order valence-corrected chi connectivity index (χ4v) is 1.40. The molecule has 0 radical (unpaired) electrons. The summed E-state index contributed by atoms with van der Waals surface area (Å²) in [6.45, 7) is 1.84. The van der Waals surface area contributed by atoms with E-state index >= 15 is 0 Å². The van der Waals surface area contributed by atoms with Gasteiger partial charge in [0.25, 0.3) is 10.1 Å². The van der Waals surface area contributed by atoms with Gasteiger partial charge in [0.05, 0.1) is 17.7 Å². The Bertz CT molecular complexity index is 526. The van der Waals surface area contributed by atoms with Crippen molar-refractivity contribution in [2.24, 2.45) is 0 Å². The number of carboxylic acids is 2. The van der Waals surface area contributed by atoms with Gasteiger partial charge in [-0.3, -0.25) is 14.1 Å². The zero-order valence-corrected chi connectivity index (χ0v) is 10.9. The molecule has 0 atom stereocenters. The molecule has 0 aliphatic rings. The van der Waals surface area contributed by atoms with Gasteiger partial charge in [0.2, 0.25) is 0 Å². The van der Waals surface area contributed by atoms with Crippen LogP contribution in [-0.2, 0) is 19.7 Å². The molecule has 0 saturated carbocycles. The van der Waals surface area contributed by atoms with Crippen LogP contribution in [0.15, 0.2) is 29.2 Å². The number of aryl methyl sites for hydroxylation is 1. The fourth-order valence-electron chi connectivity index (χ4n) is 0.924. The van der Waals surface area contributed by atoms with Crippen LogP contribution in [0.4, 0.5) is 0 Å². The Hall–Kier alpha value is 1.21. The van der Waals surface area contributed by atoms with Crippen molar-refractivity contribution in [1.82, 2.24) is 0 Å². The van der Waals surface area contributed by atoms with Gasteiger partial charge in [-0.25, -0.2) is 0 Å². The second-order valence-corrected chi connectivity index (χ2v) is 5.00. The standard InChI is InChI=1S/C7H8O3S.C4H6O4.2Ba.4H/c1-6-2-4-7(5-3-6)11(8,9)10;5-3(6)1-2-4(7)8;;;;;;/h2-5H,1H3,(H,8,9,10);1-2H2,(H,5,6)(H,7,8);;;;;;. The number of hydrogen-bond acceptors (Lipinski definition) is 4. The molecule has 1 aromatic rings. The molecule has 0 unspecified atom stereocenters. The van der Waals surface area contributed by atoms with Crippen LogP contribution in [0.2, 0.25) is 0 Å². The number of rotatable bonds is 4. The molecule has 0 aromatic heterocycles. The van der Waals surface area contributed by atoms with Crippen LogP contribution >= 0.6 is 0 Å². The number of aliphatic carboxylic acids is 2. The molecule has 0 aliphatic heterocycles. The van der Waals surface area contributed by atoms with Crippen LogP contribution in [0, 0.1) is 6.92 Å². The second kappa shape index (κ2) is 13.6. The Morgan fingerprint density at radius 3 is 1.52 bits per heavy atom. The Labute approximate surface area is 203 Å². The van der Waals surface area contributed by atoms with Gasteiger partial charge in [0.1, 0.15) is 0 Å². The molecule has 0 bridgehead atoms. The fraction of sp³-hybridized carbons (Fsp3) is 0.273. The van der Waals surface area contributed by atoms with E-state index in [0.29, 0.717) is 0 Å². The van der Waals surface area contributed by atoms with Crippen molar-refractivity contribution in [3.05, 3.63) is 29.8 Å². The van der Waals surface area contributed by atoms with E-state index in [2.05, 4.69) is 0 Å². The molecule has 7 nitrogen and oxygen atoms in total. The van der Waals surface area contributed by atoms with E-state index in [1.807, 2.05) is 6.92 Å². The first-order valence-corrected chi connectivity index (χ1v) is 6.54. The molecule has 10 heteroatoms. The summed E-state index contributed by atoms with van der Waals surface area (Å²) >= 11 is 0. The van der Waals surface area contributed by atoms with Crippen molar-refractivity contribution >= 4 is 120 Å². The van der Waals surface area contributed by atoms with E-state index in [1.54, 1.807) is 12.1 Å². The number of carboxylic acid groups (broad SMARTS) is 2. The summed E-state index contributed by atoms with van der Waals surface area (Å²) in [6, 6.07) is 5.99.